The summed E-state index contributed by atoms with van der Waals surface area (Å²) < 4.78 is 30.1. The van der Waals surface area contributed by atoms with E-state index in [1.165, 1.54) is 6.92 Å². The molecule has 8 nitrogen and oxygen atoms in total. The number of carbonyl (C=O) groups excluding carboxylic acids is 2. The molecule has 0 aliphatic carbocycles. The molecule has 2 aliphatic rings. The second kappa shape index (κ2) is 10.7. The molecule has 0 aromatic heterocycles. The van der Waals surface area contributed by atoms with Crippen molar-refractivity contribution < 1.29 is 38.1 Å². The first-order chi connectivity index (χ1) is 17.6. The SMILES string of the molecule is CCOC(=O)[C@@]12C[C@H](OC(C)=O)[C@@H](O1)[C@@H]([C@@H](CO)O[Si](c1ccccc1)(c1ccccc1)C(C)(C)C)O2. The Kier molecular flexibility index (Phi) is 7.92. The maximum absolute atomic E-state index is 12.9. The van der Waals surface area contributed by atoms with Crippen molar-refractivity contribution in [1.29, 1.82) is 0 Å². The Balaban J connectivity index is 1.78. The molecule has 2 aliphatic heterocycles. The topological polar surface area (TPSA) is 101 Å². The van der Waals surface area contributed by atoms with E-state index in [0.29, 0.717) is 0 Å². The lowest BCUT2D eigenvalue weighted by Crippen LogP contribution is -2.69. The molecule has 200 valence electrons. The van der Waals surface area contributed by atoms with Gasteiger partial charge in [-0.15, -0.1) is 0 Å². The van der Waals surface area contributed by atoms with E-state index < -0.39 is 50.5 Å². The number of esters is 2. The summed E-state index contributed by atoms with van der Waals surface area (Å²) >= 11 is 0. The van der Waals surface area contributed by atoms with Crippen LogP contribution in [0.2, 0.25) is 5.04 Å². The molecule has 0 radical (unpaired) electrons. The van der Waals surface area contributed by atoms with Gasteiger partial charge in [-0.2, -0.15) is 0 Å². The van der Waals surface area contributed by atoms with E-state index in [4.69, 9.17) is 23.4 Å². The summed E-state index contributed by atoms with van der Waals surface area (Å²) in [6.07, 6.45) is -3.26. The molecule has 2 fully saturated rings. The van der Waals surface area contributed by atoms with Crippen molar-refractivity contribution in [2.45, 2.75) is 76.3 Å². The number of hydrogen-bond donors (Lipinski definition) is 1. The van der Waals surface area contributed by atoms with Crippen molar-refractivity contribution in [2.75, 3.05) is 13.2 Å². The molecule has 2 aromatic carbocycles. The van der Waals surface area contributed by atoms with E-state index in [9.17, 15) is 14.7 Å². The van der Waals surface area contributed by atoms with Crippen molar-refractivity contribution in [3.05, 3.63) is 60.7 Å². The van der Waals surface area contributed by atoms with Gasteiger partial charge in [-0.3, -0.25) is 4.79 Å². The molecule has 0 unspecified atom stereocenters. The quantitative estimate of drug-likeness (QED) is 0.391. The minimum absolute atomic E-state index is 0.0178. The van der Waals surface area contributed by atoms with E-state index >= 15 is 0 Å². The van der Waals surface area contributed by atoms with Gasteiger partial charge in [0.15, 0.2) is 0 Å². The molecule has 9 heteroatoms. The molecule has 37 heavy (non-hydrogen) atoms. The van der Waals surface area contributed by atoms with Gasteiger partial charge >= 0.3 is 11.9 Å². The van der Waals surface area contributed by atoms with Gasteiger partial charge in [0.05, 0.1) is 25.7 Å². The monoisotopic (exact) mass is 528 g/mol. The highest BCUT2D eigenvalue weighted by atomic mass is 28.4. The van der Waals surface area contributed by atoms with Gasteiger partial charge < -0.3 is 28.5 Å². The third-order valence-corrected chi connectivity index (χ3v) is 12.1. The fourth-order valence-electron chi connectivity index (χ4n) is 5.52. The van der Waals surface area contributed by atoms with Crippen molar-refractivity contribution in [2.24, 2.45) is 0 Å². The first-order valence-corrected chi connectivity index (χ1v) is 14.6. The van der Waals surface area contributed by atoms with E-state index in [1.807, 2.05) is 36.4 Å². The zero-order valence-corrected chi connectivity index (χ0v) is 23.0. The molecule has 2 bridgehead atoms. The first-order valence-electron chi connectivity index (χ1n) is 12.7. The third-order valence-electron chi connectivity index (χ3n) is 7.01. The summed E-state index contributed by atoms with van der Waals surface area (Å²) in [6, 6.07) is 20.0. The van der Waals surface area contributed by atoms with Crippen LogP contribution < -0.4 is 10.4 Å². The minimum Gasteiger partial charge on any atom is -0.462 e. The van der Waals surface area contributed by atoms with Crippen LogP contribution in [-0.4, -0.2) is 68.8 Å². The smallest absolute Gasteiger partial charge is 0.367 e. The number of carbonyl (C=O) groups is 2. The van der Waals surface area contributed by atoms with Crippen LogP contribution >= 0.6 is 0 Å². The van der Waals surface area contributed by atoms with Crippen LogP contribution in [0.15, 0.2) is 60.7 Å². The zero-order valence-electron chi connectivity index (χ0n) is 22.0. The van der Waals surface area contributed by atoms with Gasteiger partial charge in [-0.1, -0.05) is 81.4 Å². The van der Waals surface area contributed by atoms with Gasteiger partial charge in [-0.25, -0.2) is 4.79 Å². The number of hydrogen-bond acceptors (Lipinski definition) is 8. The molecule has 5 atom stereocenters. The number of fused-ring (bicyclic) bond motifs is 2. The van der Waals surface area contributed by atoms with Crippen LogP contribution in [0.1, 0.15) is 41.0 Å². The van der Waals surface area contributed by atoms with Crippen LogP contribution in [0.4, 0.5) is 0 Å². The Labute approximate surface area is 219 Å². The fraction of sp³-hybridized carbons (Fsp3) is 0.500. The number of benzene rings is 2. The molecule has 1 N–H and O–H groups in total. The maximum Gasteiger partial charge on any atom is 0.367 e. The van der Waals surface area contributed by atoms with Crippen LogP contribution in [0, 0.1) is 0 Å². The Morgan fingerprint density at radius 3 is 2.08 bits per heavy atom. The minimum atomic E-state index is -3.07. The molecule has 0 spiro atoms. The van der Waals surface area contributed by atoms with E-state index in [-0.39, 0.29) is 24.7 Å². The lowest BCUT2D eigenvalue weighted by Gasteiger charge is -2.46. The summed E-state index contributed by atoms with van der Waals surface area (Å²) in [7, 11) is -3.07. The predicted molar refractivity (Wildman–Crippen MR) is 139 cm³/mol. The van der Waals surface area contributed by atoms with E-state index in [0.717, 1.165) is 10.4 Å². The van der Waals surface area contributed by atoms with Crippen LogP contribution in [0.25, 0.3) is 0 Å². The Bertz CT molecular complexity index is 1050. The summed E-state index contributed by atoms with van der Waals surface area (Å²) in [5.41, 5.74) is 0. The van der Waals surface area contributed by atoms with Crippen LogP contribution in [0.3, 0.4) is 0 Å². The van der Waals surface area contributed by atoms with Gasteiger partial charge in [0.25, 0.3) is 14.1 Å². The number of aliphatic hydroxyl groups excluding tert-OH is 1. The highest BCUT2D eigenvalue weighted by Gasteiger charge is 2.67. The zero-order chi connectivity index (χ0) is 26.8. The van der Waals surface area contributed by atoms with Gasteiger partial charge in [0.1, 0.15) is 18.3 Å². The van der Waals surface area contributed by atoms with Crippen molar-refractivity contribution in [3.63, 3.8) is 0 Å². The molecular weight excluding hydrogens is 492 g/mol. The molecular formula is C28H36O8Si. The lowest BCUT2D eigenvalue weighted by molar-refractivity contribution is -0.214. The van der Waals surface area contributed by atoms with Gasteiger partial charge in [0.2, 0.25) is 0 Å². The summed E-state index contributed by atoms with van der Waals surface area (Å²) in [6.45, 7) is 9.15. The van der Waals surface area contributed by atoms with E-state index in [1.54, 1.807) is 6.92 Å². The number of ether oxygens (including phenoxy) is 4. The number of rotatable bonds is 9. The molecule has 0 saturated carbocycles. The summed E-state index contributed by atoms with van der Waals surface area (Å²) in [5, 5.41) is 12.4. The van der Waals surface area contributed by atoms with Crippen molar-refractivity contribution >= 4 is 30.6 Å². The highest BCUT2D eigenvalue weighted by Crippen LogP contribution is 2.47. The average molecular weight is 529 g/mol. The molecule has 4 rings (SSSR count). The van der Waals surface area contributed by atoms with Crippen LogP contribution in [-0.2, 0) is 33.0 Å². The van der Waals surface area contributed by atoms with Gasteiger partial charge in [0, 0.05) is 6.92 Å². The van der Waals surface area contributed by atoms with Gasteiger partial charge in [-0.05, 0) is 22.3 Å². The summed E-state index contributed by atoms with van der Waals surface area (Å²) in [5.74, 6) is -2.89. The summed E-state index contributed by atoms with van der Waals surface area (Å²) in [4.78, 5) is 24.7. The normalized spacial score (nSPS) is 26.1. The molecule has 2 saturated heterocycles. The second-order valence-electron chi connectivity index (χ2n) is 10.5. The lowest BCUT2D eigenvalue weighted by atomic mass is 9.97. The maximum atomic E-state index is 12.9. The molecule has 0 amide bonds. The number of aliphatic hydroxyl groups is 1. The Morgan fingerprint density at radius 2 is 1.62 bits per heavy atom. The first kappa shape index (κ1) is 27.5. The van der Waals surface area contributed by atoms with Crippen molar-refractivity contribution in [1.82, 2.24) is 0 Å². The largest absolute Gasteiger partial charge is 0.462 e. The Hall–Kier alpha value is -2.56. The standard InChI is InChI=1S/C28H36O8Si/c1-6-32-26(31)28-17-22(33-19(2)30)24(34-28)25(35-28)23(18-29)36-37(27(3,4)5,20-13-9-7-10-14-20)21-15-11-8-12-16-21/h7-16,22-25,29H,6,17-18H2,1-5H3/t22-,23+,24+,25+,28-/m0/s1. The molecule has 2 aromatic rings. The second-order valence-corrected chi connectivity index (χ2v) is 14.7. The predicted octanol–water partition coefficient (Wildman–Crippen LogP) is 2.30. The average Bonchev–Trinajstić information content (AvgIpc) is 3.42. The van der Waals surface area contributed by atoms with Crippen molar-refractivity contribution in [3.8, 4) is 0 Å². The highest BCUT2D eigenvalue weighted by molar-refractivity contribution is 6.99. The molecule has 2 heterocycles. The van der Waals surface area contributed by atoms with E-state index in [2.05, 4.69) is 45.0 Å². The third kappa shape index (κ3) is 4.98. The van der Waals surface area contributed by atoms with Crippen LogP contribution in [0.5, 0.6) is 0 Å². The Morgan fingerprint density at radius 1 is 1.05 bits per heavy atom. The fourth-order valence-corrected chi connectivity index (χ4v) is 10.2.